The van der Waals surface area contributed by atoms with Gasteiger partial charge in [0, 0.05) is 39.6 Å². The van der Waals surface area contributed by atoms with Crippen molar-refractivity contribution in [3.8, 4) is 5.75 Å². The number of carbonyl (C=O) groups is 2. The van der Waals surface area contributed by atoms with Crippen LogP contribution in [0.2, 0.25) is 0 Å². The van der Waals surface area contributed by atoms with E-state index >= 15 is 0 Å². The molecule has 2 amide bonds. The predicted molar refractivity (Wildman–Crippen MR) is 122 cm³/mol. The summed E-state index contributed by atoms with van der Waals surface area (Å²) in [5.74, 6) is 0.594. The Morgan fingerprint density at radius 3 is 2.32 bits per heavy atom. The first-order chi connectivity index (χ1) is 15.1. The summed E-state index contributed by atoms with van der Waals surface area (Å²) < 4.78 is 10.3. The van der Waals surface area contributed by atoms with E-state index in [0.717, 1.165) is 29.7 Å². The van der Waals surface area contributed by atoms with E-state index in [2.05, 4.69) is 5.32 Å². The molecule has 0 radical (unpaired) electrons. The summed E-state index contributed by atoms with van der Waals surface area (Å²) in [4.78, 5) is 28.0. The molecule has 168 valence electrons. The minimum Gasteiger partial charge on any atom is -0.497 e. The second-order valence-corrected chi connectivity index (χ2v) is 7.46. The van der Waals surface area contributed by atoms with Crippen LogP contribution in [-0.4, -0.2) is 50.1 Å². The van der Waals surface area contributed by atoms with Crippen molar-refractivity contribution in [1.29, 1.82) is 0 Å². The second kappa shape index (κ2) is 13.4. The van der Waals surface area contributed by atoms with E-state index < -0.39 is 6.04 Å². The standard InChI is InChI=1S/C25H34N2O4/c1-4-9-24(28)27(19-21-12-14-22(31-3)15-13-21)23(18-20-10-6-5-7-11-20)25(29)26-16-8-17-30-2/h5-7,10-15,23H,4,8-9,16-19H2,1-3H3,(H,26,29). The van der Waals surface area contributed by atoms with Gasteiger partial charge in [0.25, 0.3) is 0 Å². The van der Waals surface area contributed by atoms with Gasteiger partial charge in [-0.3, -0.25) is 9.59 Å². The maximum atomic E-state index is 13.2. The molecule has 0 fully saturated rings. The SMILES string of the molecule is CCCC(=O)N(Cc1ccc(OC)cc1)C(Cc1ccccc1)C(=O)NCCCOC. The van der Waals surface area contributed by atoms with Crippen LogP contribution in [0.25, 0.3) is 0 Å². The van der Waals surface area contributed by atoms with Crippen molar-refractivity contribution in [3.63, 3.8) is 0 Å². The summed E-state index contributed by atoms with van der Waals surface area (Å²) in [7, 11) is 3.26. The Balaban J connectivity index is 2.28. The lowest BCUT2D eigenvalue weighted by atomic mass is 10.0. The van der Waals surface area contributed by atoms with Crippen LogP contribution in [0.5, 0.6) is 5.75 Å². The highest BCUT2D eigenvalue weighted by molar-refractivity contribution is 5.88. The summed E-state index contributed by atoms with van der Waals surface area (Å²) in [6.45, 7) is 3.43. The Morgan fingerprint density at radius 2 is 1.71 bits per heavy atom. The monoisotopic (exact) mass is 426 g/mol. The van der Waals surface area contributed by atoms with Crippen LogP contribution < -0.4 is 10.1 Å². The molecule has 2 aromatic carbocycles. The Kier molecular flexibility index (Phi) is 10.6. The Labute approximate surface area is 185 Å². The molecule has 0 aliphatic heterocycles. The van der Waals surface area contributed by atoms with Crippen molar-refractivity contribution in [2.45, 2.75) is 45.2 Å². The molecule has 0 saturated carbocycles. The van der Waals surface area contributed by atoms with Crippen LogP contribution in [0.3, 0.4) is 0 Å². The van der Waals surface area contributed by atoms with E-state index in [4.69, 9.17) is 9.47 Å². The number of carbonyl (C=O) groups excluding carboxylic acids is 2. The molecule has 1 atom stereocenters. The van der Waals surface area contributed by atoms with Crippen molar-refractivity contribution < 1.29 is 19.1 Å². The van der Waals surface area contributed by atoms with Crippen LogP contribution in [0, 0.1) is 0 Å². The largest absolute Gasteiger partial charge is 0.497 e. The Hall–Kier alpha value is -2.86. The maximum absolute atomic E-state index is 13.2. The van der Waals surface area contributed by atoms with Crippen LogP contribution in [-0.2, 0) is 27.3 Å². The fourth-order valence-electron chi connectivity index (χ4n) is 3.38. The Morgan fingerprint density at radius 1 is 1.00 bits per heavy atom. The van der Waals surface area contributed by atoms with Gasteiger partial charge < -0.3 is 19.7 Å². The van der Waals surface area contributed by atoms with Gasteiger partial charge in [-0.2, -0.15) is 0 Å². The fraction of sp³-hybridized carbons (Fsp3) is 0.440. The highest BCUT2D eigenvalue weighted by atomic mass is 16.5. The van der Waals surface area contributed by atoms with Gasteiger partial charge in [-0.15, -0.1) is 0 Å². The van der Waals surface area contributed by atoms with Crippen LogP contribution >= 0.6 is 0 Å². The average molecular weight is 427 g/mol. The zero-order chi connectivity index (χ0) is 22.5. The van der Waals surface area contributed by atoms with E-state index in [1.54, 1.807) is 19.1 Å². The van der Waals surface area contributed by atoms with Gasteiger partial charge in [0.1, 0.15) is 11.8 Å². The number of benzene rings is 2. The van der Waals surface area contributed by atoms with Crippen molar-refractivity contribution in [2.75, 3.05) is 27.4 Å². The van der Waals surface area contributed by atoms with Crippen LogP contribution in [0.1, 0.15) is 37.3 Å². The molecule has 2 aromatic rings. The summed E-state index contributed by atoms with van der Waals surface area (Å²) >= 11 is 0. The zero-order valence-corrected chi connectivity index (χ0v) is 18.8. The van der Waals surface area contributed by atoms with E-state index in [1.807, 2.05) is 61.5 Å². The van der Waals surface area contributed by atoms with E-state index in [-0.39, 0.29) is 11.8 Å². The molecule has 1 unspecified atom stereocenters. The number of hydrogen-bond acceptors (Lipinski definition) is 4. The Bertz CT molecular complexity index is 793. The average Bonchev–Trinajstić information content (AvgIpc) is 2.80. The molecule has 0 bridgehead atoms. The molecule has 31 heavy (non-hydrogen) atoms. The maximum Gasteiger partial charge on any atom is 0.243 e. The molecule has 0 aliphatic carbocycles. The summed E-state index contributed by atoms with van der Waals surface area (Å²) in [5, 5.41) is 2.99. The van der Waals surface area contributed by atoms with Crippen molar-refractivity contribution in [3.05, 3.63) is 65.7 Å². The normalized spacial score (nSPS) is 11.6. The number of hydrogen-bond donors (Lipinski definition) is 1. The lowest BCUT2D eigenvalue weighted by molar-refractivity contribution is -0.141. The van der Waals surface area contributed by atoms with Crippen molar-refractivity contribution in [2.24, 2.45) is 0 Å². The van der Waals surface area contributed by atoms with Gasteiger partial charge in [0.2, 0.25) is 11.8 Å². The summed E-state index contributed by atoms with van der Waals surface area (Å²) in [5.41, 5.74) is 1.97. The predicted octanol–water partition coefficient (Wildman–Crippen LogP) is 3.59. The highest BCUT2D eigenvalue weighted by Gasteiger charge is 2.29. The molecule has 0 aliphatic rings. The molecule has 1 N–H and O–H groups in total. The second-order valence-electron chi connectivity index (χ2n) is 7.46. The first-order valence-electron chi connectivity index (χ1n) is 10.8. The molecule has 2 rings (SSSR count). The first kappa shape index (κ1) is 24.4. The number of rotatable bonds is 13. The summed E-state index contributed by atoms with van der Waals surface area (Å²) in [6.07, 6.45) is 2.31. The lowest BCUT2D eigenvalue weighted by Gasteiger charge is -2.31. The van der Waals surface area contributed by atoms with Gasteiger partial charge >= 0.3 is 0 Å². The third kappa shape index (κ3) is 8.06. The third-order valence-electron chi connectivity index (χ3n) is 5.07. The number of ether oxygens (including phenoxy) is 2. The smallest absolute Gasteiger partial charge is 0.243 e. The molecule has 6 nitrogen and oxygen atoms in total. The number of methoxy groups -OCH3 is 2. The topological polar surface area (TPSA) is 67.9 Å². The lowest BCUT2D eigenvalue weighted by Crippen LogP contribution is -2.50. The van der Waals surface area contributed by atoms with Gasteiger partial charge in [-0.05, 0) is 36.1 Å². The summed E-state index contributed by atoms with van der Waals surface area (Å²) in [6, 6.07) is 16.8. The van der Waals surface area contributed by atoms with E-state index in [1.165, 1.54) is 0 Å². The van der Waals surface area contributed by atoms with Gasteiger partial charge in [0.15, 0.2) is 0 Å². The highest BCUT2D eigenvalue weighted by Crippen LogP contribution is 2.18. The minimum atomic E-state index is -0.592. The quantitative estimate of drug-likeness (QED) is 0.497. The van der Waals surface area contributed by atoms with Gasteiger partial charge in [-0.1, -0.05) is 49.4 Å². The molecular weight excluding hydrogens is 392 g/mol. The molecule has 0 saturated heterocycles. The van der Waals surface area contributed by atoms with Crippen molar-refractivity contribution >= 4 is 11.8 Å². The number of amides is 2. The third-order valence-corrected chi connectivity index (χ3v) is 5.07. The van der Waals surface area contributed by atoms with Crippen LogP contribution in [0.4, 0.5) is 0 Å². The van der Waals surface area contributed by atoms with Crippen molar-refractivity contribution in [1.82, 2.24) is 10.2 Å². The zero-order valence-electron chi connectivity index (χ0n) is 18.8. The van der Waals surface area contributed by atoms with Gasteiger partial charge in [-0.25, -0.2) is 0 Å². The van der Waals surface area contributed by atoms with Gasteiger partial charge in [0.05, 0.1) is 7.11 Å². The fourth-order valence-corrected chi connectivity index (χ4v) is 3.38. The minimum absolute atomic E-state index is 0.0220. The van der Waals surface area contributed by atoms with E-state index in [0.29, 0.717) is 32.5 Å². The molecule has 0 spiro atoms. The molecule has 0 heterocycles. The number of nitrogens with one attached hydrogen (secondary N) is 1. The van der Waals surface area contributed by atoms with E-state index in [9.17, 15) is 9.59 Å². The molecule has 0 aromatic heterocycles. The van der Waals surface area contributed by atoms with Crippen LogP contribution in [0.15, 0.2) is 54.6 Å². The molecular formula is C25H34N2O4. The number of nitrogens with zero attached hydrogens (tertiary/aromatic N) is 1. The molecule has 6 heteroatoms. The first-order valence-corrected chi connectivity index (χ1v) is 10.8.